The second-order valence-corrected chi connectivity index (χ2v) is 9.41. The van der Waals surface area contributed by atoms with Gasteiger partial charge in [0.05, 0.1) is 23.2 Å². The molecule has 8 heteroatoms. The lowest BCUT2D eigenvalue weighted by atomic mass is 9.85. The number of rotatable bonds is 4. The monoisotopic (exact) mass is 376 g/mol. The van der Waals surface area contributed by atoms with Gasteiger partial charge in [0.2, 0.25) is 15.9 Å². The predicted molar refractivity (Wildman–Crippen MR) is 100 cm³/mol. The van der Waals surface area contributed by atoms with E-state index in [1.165, 1.54) is 29.8 Å². The van der Waals surface area contributed by atoms with Crippen molar-refractivity contribution in [2.75, 3.05) is 24.7 Å². The highest BCUT2D eigenvalue weighted by Gasteiger charge is 2.30. The molecule has 26 heavy (non-hydrogen) atoms. The quantitative estimate of drug-likeness (QED) is 0.857. The molecule has 1 aliphatic heterocycles. The third-order valence-electron chi connectivity index (χ3n) is 5.48. The van der Waals surface area contributed by atoms with Gasteiger partial charge in [-0.15, -0.1) is 0 Å². The number of nitrogens with zero attached hydrogens (tertiary/aromatic N) is 2. The number of piperidine rings is 1. The van der Waals surface area contributed by atoms with Gasteiger partial charge in [-0.3, -0.25) is 4.79 Å². The Morgan fingerprint density at radius 2 is 2.08 bits per heavy atom. The third-order valence-corrected chi connectivity index (χ3v) is 6.75. The fourth-order valence-corrected chi connectivity index (χ4v) is 4.60. The minimum Gasteiger partial charge on any atom is -0.342 e. The zero-order valence-electron chi connectivity index (χ0n) is 14.9. The molecule has 140 valence electrons. The molecule has 1 aromatic heterocycles. The maximum atomic E-state index is 12.6. The van der Waals surface area contributed by atoms with Crippen molar-refractivity contribution in [3.8, 4) is 0 Å². The molecule has 0 bridgehead atoms. The topological polar surface area (TPSA) is 95.2 Å². The zero-order valence-corrected chi connectivity index (χ0v) is 15.7. The standard InChI is InChI=1S/C18H24N4O3S/c1-26(24,25)22-9-3-6-13(11-22)18(23)19-14-7-8-15-16(10-14)21-17(20-15)12-4-2-5-12/h7-8,10,12-13H,2-6,9,11H2,1H3,(H,19,23)(H,20,21)/t13-/m0/s1. The number of imidazole rings is 1. The van der Waals surface area contributed by atoms with Crippen LogP contribution < -0.4 is 5.32 Å². The molecule has 1 saturated heterocycles. The summed E-state index contributed by atoms with van der Waals surface area (Å²) in [5.74, 6) is 1.12. The van der Waals surface area contributed by atoms with Crippen LogP contribution >= 0.6 is 0 Å². The van der Waals surface area contributed by atoms with E-state index in [1.807, 2.05) is 18.2 Å². The van der Waals surface area contributed by atoms with Crippen molar-refractivity contribution in [2.45, 2.75) is 38.0 Å². The average Bonchev–Trinajstić information content (AvgIpc) is 2.95. The van der Waals surface area contributed by atoms with Gasteiger partial charge in [0.1, 0.15) is 5.82 Å². The van der Waals surface area contributed by atoms with Crippen molar-refractivity contribution in [3.63, 3.8) is 0 Å². The second kappa shape index (κ2) is 6.66. The van der Waals surface area contributed by atoms with Crippen molar-refractivity contribution in [3.05, 3.63) is 24.0 Å². The Morgan fingerprint density at radius 3 is 2.77 bits per heavy atom. The van der Waals surface area contributed by atoms with E-state index in [2.05, 4.69) is 15.3 Å². The summed E-state index contributed by atoms with van der Waals surface area (Å²) in [5, 5.41) is 2.93. The molecule has 2 aromatic rings. The van der Waals surface area contributed by atoms with Crippen LogP contribution in [0.2, 0.25) is 0 Å². The van der Waals surface area contributed by atoms with Gasteiger partial charge in [0.25, 0.3) is 0 Å². The van der Waals surface area contributed by atoms with E-state index in [4.69, 9.17) is 0 Å². The normalized spacial score (nSPS) is 22.3. The smallest absolute Gasteiger partial charge is 0.228 e. The van der Waals surface area contributed by atoms with E-state index >= 15 is 0 Å². The van der Waals surface area contributed by atoms with Crippen LogP contribution in [0.5, 0.6) is 0 Å². The van der Waals surface area contributed by atoms with Crippen LogP contribution in [0.15, 0.2) is 18.2 Å². The zero-order chi connectivity index (χ0) is 18.3. The van der Waals surface area contributed by atoms with E-state index in [1.54, 1.807) is 0 Å². The summed E-state index contributed by atoms with van der Waals surface area (Å²) in [6, 6.07) is 5.66. The lowest BCUT2D eigenvalue weighted by Gasteiger charge is -2.30. The number of hydrogen-bond donors (Lipinski definition) is 2. The third kappa shape index (κ3) is 3.48. The number of H-pyrrole nitrogens is 1. The molecular formula is C18H24N4O3S. The van der Waals surface area contributed by atoms with Gasteiger partial charge in [0, 0.05) is 24.7 Å². The maximum absolute atomic E-state index is 12.6. The molecule has 2 fully saturated rings. The fraction of sp³-hybridized carbons (Fsp3) is 0.556. The number of fused-ring (bicyclic) bond motifs is 1. The van der Waals surface area contributed by atoms with Crippen molar-refractivity contribution in [1.29, 1.82) is 0 Å². The molecule has 2 aliphatic rings. The highest BCUT2D eigenvalue weighted by molar-refractivity contribution is 7.88. The summed E-state index contributed by atoms with van der Waals surface area (Å²) >= 11 is 0. The van der Waals surface area contributed by atoms with Crippen LogP contribution in [0.4, 0.5) is 5.69 Å². The van der Waals surface area contributed by atoms with Crippen molar-refractivity contribution in [1.82, 2.24) is 14.3 Å². The number of nitrogens with one attached hydrogen (secondary N) is 2. The van der Waals surface area contributed by atoms with Crippen LogP contribution in [-0.2, 0) is 14.8 Å². The lowest BCUT2D eigenvalue weighted by Crippen LogP contribution is -2.43. The van der Waals surface area contributed by atoms with Crippen molar-refractivity contribution >= 4 is 32.7 Å². The number of carbonyl (C=O) groups is 1. The van der Waals surface area contributed by atoms with Gasteiger partial charge in [-0.1, -0.05) is 6.42 Å². The van der Waals surface area contributed by atoms with Crippen LogP contribution in [0.3, 0.4) is 0 Å². The Hall–Kier alpha value is -1.93. The Morgan fingerprint density at radius 1 is 1.27 bits per heavy atom. The van der Waals surface area contributed by atoms with Gasteiger partial charge < -0.3 is 10.3 Å². The minimum atomic E-state index is -3.26. The van der Waals surface area contributed by atoms with Crippen LogP contribution in [0, 0.1) is 5.92 Å². The van der Waals surface area contributed by atoms with Crippen LogP contribution in [0.1, 0.15) is 43.8 Å². The first-order chi connectivity index (χ1) is 12.4. The number of amides is 1. The van der Waals surface area contributed by atoms with Crippen molar-refractivity contribution in [2.24, 2.45) is 5.92 Å². The Bertz CT molecular complexity index is 933. The number of carbonyl (C=O) groups excluding carboxylic acids is 1. The first-order valence-corrected chi connectivity index (χ1v) is 11.0. The van der Waals surface area contributed by atoms with Crippen LogP contribution in [-0.4, -0.2) is 47.9 Å². The molecule has 7 nitrogen and oxygen atoms in total. The van der Waals surface area contributed by atoms with Gasteiger partial charge in [-0.05, 0) is 43.9 Å². The molecule has 1 atom stereocenters. The molecule has 1 aliphatic carbocycles. The molecular weight excluding hydrogens is 352 g/mol. The van der Waals surface area contributed by atoms with Crippen molar-refractivity contribution < 1.29 is 13.2 Å². The first-order valence-electron chi connectivity index (χ1n) is 9.16. The molecule has 0 spiro atoms. The SMILES string of the molecule is CS(=O)(=O)N1CCC[C@H](C(=O)Nc2ccc3nc(C4CCC4)[nH]c3c2)C1. The van der Waals surface area contributed by atoms with Gasteiger partial charge in [-0.25, -0.2) is 17.7 Å². The summed E-state index contributed by atoms with van der Waals surface area (Å²) in [6.45, 7) is 0.745. The first kappa shape index (κ1) is 17.5. The average molecular weight is 376 g/mol. The summed E-state index contributed by atoms with van der Waals surface area (Å²) < 4.78 is 24.9. The molecule has 2 heterocycles. The molecule has 0 unspecified atom stereocenters. The van der Waals surface area contributed by atoms with Gasteiger partial charge in [-0.2, -0.15) is 0 Å². The molecule has 1 saturated carbocycles. The number of hydrogen-bond acceptors (Lipinski definition) is 4. The van der Waals surface area contributed by atoms with Gasteiger partial charge >= 0.3 is 0 Å². The largest absolute Gasteiger partial charge is 0.342 e. The molecule has 1 amide bonds. The Labute approximate surface area is 153 Å². The highest BCUT2D eigenvalue weighted by Crippen LogP contribution is 2.35. The lowest BCUT2D eigenvalue weighted by molar-refractivity contribution is -0.120. The predicted octanol–water partition coefficient (Wildman–Crippen LogP) is 2.44. The minimum absolute atomic E-state index is 0.128. The Balaban J connectivity index is 1.46. The second-order valence-electron chi connectivity index (χ2n) is 7.43. The summed E-state index contributed by atoms with van der Waals surface area (Å²) in [7, 11) is -3.26. The summed E-state index contributed by atoms with van der Waals surface area (Å²) in [6.07, 6.45) is 6.23. The maximum Gasteiger partial charge on any atom is 0.228 e. The van der Waals surface area contributed by atoms with E-state index < -0.39 is 10.0 Å². The Kier molecular flexibility index (Phi) is 4.48. The number of benzene rings is 1. The highest BCUT2D eigenvalue weighted by atomic mass is 32.2. The molecule has 2 N–H and O–H groups in total. The van der Waals surface area contributed by atoms with Crippen LogP contribution in [0.25, 0.3) is 11.0 Å². The molecule has 0 radical (unpaired) electrons. The summed E-state index contributed by atoms with van der Waals surface area (Å²) in [4.78, 5) is 20.6. The number of anilines is 1. The fourth-order valence-electron chi connectivity index (χ4n) is 3.68. The number of aromatic amines is 1. The number of sulfonamides is 1. The van der Waals surface area contributed by atoms with E-state index in [-0.39, 0.29) is 18.4 Å². The van der Waals surface area contributed by atoms with E-state index in [9.17, 15) is 13.2 Å². The van der Waals surface area contributed by atoms with Gasteiger partial charge in [0.15, 0.2) is 0 Å². The molecule has 4 rings (SSSR count). The summed E-state index contributed by atoms with van der Waals surface area (Å²) in [5.41, 5.74) is 2.54. The van der Waals surface area contributed by atoms with E-state index in [0.29, 0.717) is 31.0 Å². The van der Waals surface area contributed by atoms with E-state index in [0.717, 1.165) is 16.9 Å². The molecule has 1 aromatic carbocycles. The number of aromatic nitrogens is 2.